The van der Waals surface area contributed by atoms with Gasteiger partial charge in [0.25, 0.3) is 0 Å². The van der Waals surface area contributed by atoms with Crippen LogP contribution in [0.3, 0.4) is 0 Å². The summed E-state index contributed by atoms with van der Waals surface area (Å²) in [5.41, 5.74) is 3.62. The molecule has 0 amide bonds. The molecule has 1 atom stereocenters. The molecular formula is C16H20N2O. The zero-order chi connectivity index (χ0) is 13.1. The highest BCUT2D eigenvalue weighted by molar-refractivity contribution is 5.65. The zero-order valence-corrected chi connectivity index (χ0v) is 11.4. The highest BCUT2D eigenvalue weighted by atomic mass is 16.5. The van der Waals surface area contributed by atoms with Crippen molar-refractivity contribution in [1.29, 1.82) is 0 Å². The van der Waals surface area contributed by atoms with Gasteiger partial charge in [-0.05, 0) is 44.3 Å². The van der Waals surface area contributed by atoms with Crippen molar-refractivity contribution in [2.45, 2.75) is 26.2 Å². The van der Waals surface area contributed by atoms with Crippen LogP contribution in [-0.2, 0) is 6.42 Å². The van der Waals surface area contributed by atoms with Crippen LogP contribution in [0.25, 0.3) is 11.1 Å². The van der Waals surface area contributed by atoms with Gasteiger partial charge in [0, 0.05) is 12.0 Å². The largest absolute Gasteiger partial charge is 0.361 e. The Labute approximate surface area is 114 Å². The van der Waals surface area contributed by atoms with E-state index >= 15 is 0 Å². The summed E-state index contributed by atoms with van der Waals surface area (Å²) in [7, 11) is 0. The number of rotatable bonds is 3. The predicted molar refractivity (Wildman–Crippen MR) is 76.0 cm³/mol. The summed E-state index contributed by atoms with van der Waals surface area (Å²) in [5.74, 6) is 1.70. The highest BCUT2D eigenvalue weighted by Crippen LogP contribution is 2.27. The SMILES string of the molecule is Cc1cccc(-c2cnoc2CC2CCCNC2)c1. The van der Waals surface area contributed by atoms with Gasteiger partial charge in [-0.25, -0.2) is 0 Å². The first kappa shape index (κ1) is 12.4. The monoisotopic (exact) mass is 256 g/mol. The summed E-state index contributed by atoms with van der Waals surface area (Å²) < 4.78 is 5.48. The molecule has 1 aromatic heterocycles. The smallest absolute Gasteiger partial charge is 0.144 e. The Morgan fingerprint density at radius 3 is 3.16 bits per heavy atom. The van der Waals surface area contributed by atoms with Crippen LogP contribution >= 0.6 is 0 Å². The molecule has 0 radical (unpaired) electrons. The van der Waals surface area contributed by atoms with Crippen molar-refractivity contribution in [2.75, 3.05) is 13.1 Å². The molecule has 1 aliphatic heterocycles. The van der Waals surface area contributed by atoms with Crippen LogP contribution in [0.5, 0.6) is 0 Å². The van der Waals surface area contributed by atoms with E-state index < -0.39 is 0 Å². The second-order valence-electron chi connectivity index (χ2n) is 5.45. The Morgan fingerprint density at radius 2 is 2.37 bits per heavy atom. The van der Waals surface area contributed by atoms with Crippen LogP contribution in [-0.4, -0.2) is 18.2 Å². The van der Waals surface area contributed by atoms with E-state index in [1.807, 2.05) is 6.20 Å². The van der Waals surface area contributed by atoms with Gasteiger partial charge in [0.1, 0.15) is 5.76 Å². The predicted octanol–water partition coefficient (Wildman–Crippen LogP) is 3.19. The van der Waals surface area contributed by atoms with Gasteiger partial charge in [-0.1, -0.05) is 35.0 Å². The summed E-state index contributed by atoms with van der Waals surface area (Å²) in [6.07, 6.45) is 5.37. The summed E-state index contributed by atoms with van der Waals surface area (Å²) in [6.45, 7) is 4.35. The van der Waals surface area contributed by atoms with Gasteiger partial charge < -0.3 is 9.84 Å². The molecule has 19 heavy (non-hydrogen) atoms. The first-order valence-corrected chi connectivity index (χ1v) is 7.04. The third kappa shape index (κ3) is 2.87. The quantitative estimate of drug-likeness (QED) is 0.916. The summed E-state index contributed by atoms with van der Waals surface area (Å²) >= 11 is 0. The number of nitrogens with zero attached hydrogens (tertiary/aromatic N) is 1. The van der Waals surface area contributed by atoms with E-state index in [0.29, 0.717) is 5.92 Å². The number of hydrogen-bond donors (Lipinski definition) is 1. The van der Waals surface area contributed by atoms with Crippen LogP contribution in [0.2, 0.25) is 0 Å². The normalized spacial score (nSPS) is 19.5. The molecule has 1 fully saturated rings. The molecule has 0 saturated carbocycles. The molecule has 0 aliphatic carbocycles. The zero-order valence-electron chi connectivity index (χ0n) is 11.4. The van der Waals surface area contributed by atoms with Gasteiger partial charge in [-0.15, -0.1) is 0 Å². The molecule has 3 heteroatoms. The fourth-order valence-electron chi connectivity index (χ4n) is 2.82. The Hall–Kier alpha value is -1.61. The van der Waals surface area contributed by atoms with Gasteiger partial charge in [0.2, 0.25) is 0 Å². The lowest BCUT2D eigenvalue weighted by atomic mass is 9.92. The van der Waals surface area contributed by atoms with E-state index in [1.165, 1.54) is 24.0 Å². The molecule has 1 saturated heterocycles. The third-order valence-corrected chi connectivity index (χ3v) is 3.85. The van der Waals surface area contributed by atoms with Gasteiger partial charge >= 0.3 is 0 Å². The van der Waals surface area contributed by atoms with Crippen LogP contribution < -0.4 is 5.32 Å². The van der Waals surface area contributed by atoms with E-state index in [-0.39, 0.29) is 0 Å². The minimum atomic E-state index is 0.672. The minimum absolute atomic E-state index is 0.672. The van der Waals surface area contributed by atoms with Gasteiger partial charge in [-0.2, -0.15) is 0 Å². The Kier molecular flexibility index (Phi) is 3.65. The standard InChI is InChI=1S/C16H20N2O/c1-12-4-2-6-14(8-12)15-11-18-19-16(15)9-13-5-3-7-17-10-13/h2,4,6,8,11,13,17H,3,5,7,9-10H2,1H3. The van der Waals surface area contributed by atoms with Crippen LogP contribution in [0.1, 0.15) is 24.2 Å². The molecule has 3 rings (SSSR count). The average Bonchev–Trinajstić information content (AvgIpc) is 2.88. The number of benzene rings is 1. The Balaban J connectivity index is 1.81. The topological polar surface area (TPSA) is 38.1 Å². The molecular weight excluding hydrogens is 236 g/mol. The molecule has 1 N–H and O–H groups in total. The molecule has 1 unspecified atom stereocenters. The first-order chi connectivity index (χ1) is 9.33. The van der Waals surface area contributed by atoms with Crippen molar-refractivity contribution in [3.63, 3.8) is 0 Å². The molecule has 2 aromatic rings. The van der Waals surface area contributed by atoms with Crippen LogP contribution in [0, 0.1) is 12.8 Å². The fourth-order valence-corrected chi connectivity index (χ4v) is 2.82. The van der Waals surface area contributed by atoms with E-state index in [4.69, 9.17) is 4.52 Å². The van der Waals surface area contributed by atoms with Crippen molar-refractivity contribution in [3.8, 4) is 11.1 Å². The Morgan fingerprint density at radius 1 is 1.42 bits per heavy atom. The summed E-state index contributed by atoms with van der Waals surface area (Å²) in [4.78, 5) is 0. The molecule has 100 valence electrons. The number of hydrogen-bond acceptors (Lipinski definition) is 3. The molecule has 0 spiro atoms. The van der Waals surface area contributed by atoms with Crippen molar-refractivity contribution < 1.29 is 4.52 Å². The van der Waals surface area contributed by atoms with Gasteiger partial charge in [-0.3, -0.25) is 0 Å². The molecule has 0 bridgehead atoms. The van der Waals surface area contributed by atoms with Crippen molar-refractivity contribution in [1.82, 2.24) is 10.5 Å². The summed E-state index contributed by atoms with van der Waals surface area (Å²) in [6, 6.07) is 8.52. The molecule has 1 aliphatic rings. The average molecular weight is 256 g/mol. The van der Waals surface area contributed by atoms with Gasteiger partial charge in [0.05, 0.1) is 6.20 Å². The van der Waals surface area contributed by atoms with Crippen LogP contribution in [0.15, 0.2) is 35.0 Å². The van der Waals surface area contributed by atoms with E-state index in [0.717, 1.165) is 30.8 Å². The maximum absolute atomic E-state index is 5.48. The second-order valence-corrected chi connectivity index (χ2v) is 5.45. The second kappa shape index (κ2) is 5.57. The maximum atomic E-state index is 5.48. The lowest BCUT2D eigenvalue weighted by molar-refractivity contribution is 0.321. The number of nitrogens with one attached hydrogen (secondary N) is 1. The van der Waals surface area contributed by atoms with Crippen molar-refractivity contribution in [3.05, 3.63) is 41.8 Å². The number of piperidine rings is 1. The Bertz CT molecular complexity index is 541. The van der Waals surface area contributed by atoms with Crippen LogP contribution in [0.4, 0.5) is 0 Å². The fraction of sp³-hybridized carbons (Fsp3) is 0.438. The third-order valence-electron chi connectivity index (χ3n) is 3.85. The van der Waals surface area contributed by atoms with E-state index in [1.54, 1.807) is 0 Å². The molecule has 3 nitrogen and oxygen atoms in total. The first-order valence-electron chi connectivity index (χ1n) is 7.04. The summed E-state index contributed by atoms with van der Waals surface area (Å²) in [5, 5.41) is 7.45. The minimum Gasteiger partial charge on any atom is -0.361 e. The lowest BCUT2D eigenvalue weighted by Gasteiger charge is -2.21. The molecule has 1 aromatic carbocycles. The highest BCUT2D eigenvalue weighted by Gasteiger charge is 2.18. The number of aryl methyl sites for hydroxylation is 1. The van der Waals surface area contributed by atoms with E-state index in [2.05, 4.69) is 41.7 Å². The number of aromatic nitrogens is 1. The van der Waals surface area contributed by atoms with Crippen molar-refractivity contribution >= 4 is 0 Å². The van der Waals surface area contributed by atoms with Crippen molar-refractivity contribution in [2.24, 2.45) is 5.92 Å². The lowest BCUT2D eigenvalue weighted by Crippen LogP contribution is -2.30. The van der Waals surface area contributed by atoms with E-state index in [9.17, 15) is 0 Å². The van der Waals surface area contributed by atoms with Gasteiger partial charge in [0.15, 0.2) is 0 Å². The maximum Gasteiger partial charge on any atom is 0.144 e. The molecule has 2 heterocycles.